The Morgan fingerprint density at radius 3 is 2.71 bits per heavy atom. The van der Waals surface area contributed by atoms with E-state index in [1.54, 1.807) is 0 Å². The molecule has 134 valence electrons. The molecule has 0 N–H and O–H groups in total. The summed E-state index contributed by atoms with van der Waals surface area (Å²) < 4.78 is 25.9. The molecule has 2 saturated carbocycles. The molecule has 6 rings (SSSR count). The number of hydrogen-bond donors (Lipinski definition) is 0. The third-order valence-corrected chi connectivity index (χ3v) is 8.92. The molecular weight excluding hydrogens is 304 g/mol. The fraction of sp³-hybridized carbons (Fsp3) is 1.00. The molecule has 0 aromatic heterocycles. The second kappa shape index (κ2) is 4.05. The SMILES string of the molecule is C[C@@H]1COC2CC34C5C[C@@H](C(C)(C)C)C36CCO[C@H]6OC4(CO5)[C@H]21. The van der Waals surface area contributed by atoms with Crippen LogP contribution in [0.15, 0.2) is 0 Å². The lowest BCUT2D eigenvalue weighted by molar-refractivity contribution is -0.197. The largest absolute Gasteiger partial charge is 0.377 e. The van der Waals surface area contributed by atoms with Gasteiger partial charge in [-0.1, -0.05) is 27.7 Å². The molecular formula is C20H30O4. The monoisotopic (exact) mass is 334 g/mol. The Kier molecular flexibility index (Phi) is 2.53. The Balaban J connectivity index is 1.59. The van der Waals surface area contributed by atoms with Gasteiger partial charge in [0.05, 0.1) is 25.4 Å². The van der Waals surface area contributed by atoms with E-state index in [-0.39, 0.29) is 28.1 Å². The predicted molar refractivity (Wildman–Crippen MR) is 87.4 cm³/mol. The number of rotatable bonds is 0. The van der Waals surface area contributed by atoms with Crippen molar-refractivity contribution < 1.29 is 18.9 Å². The van der Waals surface area contributed by atoms with Crippen molar-refractivity contribution in [1.29, 1.82) is 0 Å². The van der Waals surface area contributed by atoms with E-state index >= 15 is 0 Å². The van der Waals surface area contributed by atoms with Crippen molar-refractivity contribution in [2.45, 2.75) is 71.1 Å². The van der Waals surface area contributed by atoms with E-state index in [2.05, 4.69) is 27.7 Å². The zero-order valence-corrected chi connectivity index (χ0v) is 15.3. The molecule has 6 fully saturated rings. The zero-order chi connectivity index (χ0) is 16.5. The van der Waals surface area contributed by atoms with Crippen molar-refractivity contribution in [1.82, 2.24) is 0 Å². The molecule has 2 aliphatic carbocycles. The molecule has 0 aromatic carbocycles. The summed E-state index contributed by atoms with van der Waals surface area (Å²) in [7, 11) is 0. The zero-order valence-electron chi connectivity index (χ0n) is 15.3. The molecule has 2 spiro atoms. The fourth-order valence-electron chi connectivity index (χ4n) is 8.51. The van der Waals surface area contributed by atoms with Crippen LogP contribution >= 0.6 is 0 Å². The second-order valence-electron chi connectivity index (χ2n) is 10.5. The lowest BCUT2D eigenvalue weighted by Gasteiger charge is -2.47. The van der Waals surface area contributed by atoms with Crippen LogP contribution in [0, 0.1) is 34.0 Å². The topological polar surface area (TPSA) is 36.9 Å². The van der Waals surface area contributed by atoms with Crippen molar-refractivity contribution >= 4 is 0 Å². The first-order chi connectivity index (χ1) is 11.4. The molecule has 4 saturated heterocycles. The summed E-state index contributed by atoms with van der Waals surface area (Å²) >= 11 is 0. The summed E-state index contributed by atoms with van der Waals surface area (Å²) in [6.07, 6.45) is 4.10. The van der Waals surface area contributed by atoms with E-state index in [0.717, 1.165) is 32.7 Å². The molecule has 4 heterocycles. The third kappa shape index (κ3) is 1.23. The Morgan fingerprint density at radius 2 is 1.92 bits per heavy atom. The standard InChI is InChI=1S/C20H30O4/c1-11-9-22-12-8-19-14-7-13(17(2,3)4)18(19)5-6-21-16(18)24-20(19,10-23-14)15(11)12/h11-16H,5-10H2,1-4H3/t11-,12?,13+,14?,15+,16+,18?,19?,20?/m1/s1. The predicted octanol–water partition coefficient (Wildman–Crippen LogP) is 2.99. The van der Waals surface area contributed by atoms with E-state index in [1.807, 2.05) is 0 Å². The molecule has 6 aliphatic rings. The Morgan fingerprint density at radius 1 is 1.08 bits per heavy atom. The van der Waals surface area contributed by atoms with Crippen LogP contribution in [0.4, 0.5) is 0 Å². The van der Waals surface area contributed by atoms with Crippen molar-refractivity contribution in [3.05, 3.63) is 0 Å². The lowest BCUT2D eigenvalue weighted by atomic mass is 9.53. The molecule has 5 unspecified atom stereocenters. The normalized spacial score (nSPS) is 63.5. The smallest absolute Gasteiger partial charge is 0.165 e. The van der Waals surface area contributed by atoms with Crippen LogP contribution in [-0.4, -0.2) is 43.9 Å². The van der Waals surface area contributed by atoms with E-state index < -0.39 is 0 Å². The van der Waals surface area contributed by atoms with Gasteiger partial charge in [0.2, 0.25) is 0 Å². The molecule has 0 radical (unpaired) electrons. The first kappa shape index (κ1) is 15.0. The molecule has 4 heteroatoms. The maximum atomic E-state index is 6.92. The molecule has 4 aliphatic heterocycles. The highest BCUT2D eigenvalue weighted by atomic mass is 16.7. The number of ether oxygens (including phenoxy) is 4. The summed E-state index contributed by atoms with van der Waals surface area (Å²) in [4.78, 5) is 0. The van der Waals surface area contributed by atoms with Gasteiger partial charge in [0.25, 0.3) is 0 Å². The Hall–Kier alpha value is -0.160. The van der Waals surface area contributed by atoms with Gasteiger partial charge in [-0.3, -0.25) is 0 Å². The van der Waals surface area contributed by atoms with Crippen molar-refractivity contribution in [3.63, 3.8) is 0 Å². The van der Waals surface area contributed by atoms with Crippen molar-refractivity contribution in [2.24, 2.45) is 34.0 Å². The lowest BCUT2D eigenvalue weighted by Crippen LogP contribution is -2.53. The minimum absolute atomic E-state index is 0.0237. The van der Waals surface area contributed by atoms with E-state index in [9.17, 15) is 0 Å². The van der Waals surface area contributed by atoms with E-state index in [1.165, 1.54) is 6.42 Å². The number of fused-ring (bicyclic) bond motifs is 1. The second-order valence-corrected chi connectivity index (χ2v) is 10.5. The average molecular weight is 334 g/mol. The molecule has 0 aromatic rings. The first-order valence-electron chi connectivity index (χ1n) is 9.89. The van der Waals surface area contributed by atoms with Crippen LogP contribution in [0.1, 0.15) is 47.0 Å². The fourth-order valence-corrected chi connectivity index (χ4v) is 8.51. The molecule has 0 amide bonds. The summed E-state index contributed by atoms with van der Waals surface area (Å²) in [5.41, 5.74) is 0.324. The maximum Gasteiger partial charge on any atom is 0.165 e. The summed E-state index contributed by atoms with van der Waals surface area (Å²) in [5, 5.41) is 0. The highest BCUT2D eigenvalue weighted by Crippen LogP contribution is 2.83. The minimum atomic E-state index is -0.163. The Bertz CT molecular complexity index is 599. The van der Waals surface area contributed by atoms with Gasteiger partial charge < -0.3 is 18.9 Å². The maximum absolute atomic E-state index is 6.92. The van der Waals surface area contributed by atoms with Crippen LogP contribution in [0.5, 0.6) is 0 Å². The van der Waals surface area contributed by atoms with Gasteiger partial charge in [0.1, 0.15) is 5.60 Å². The summed E-state index contributed by atoms with van der Waals surface area (Å²) in [5.74, 6) is 1.63. The first-order valence-corrected chi connectivity index (χ1v) is 9.89. The highest BCUT2D eigenvalue weighted by Gasteiger charge is 2.90. The van der Waals surface area contributed by atoms with Crippen LogP contribution in [0.2, 0.25) is 0 Å². The van der Waals surface area contributed by atoms with E-state index in [4.69, 9.17) is 18.9 Å². The van der Waals surface area contributed by atoms with Gasteiger partial charge in [-0.05, 0) is 36.5 Å². The summed E-state index contributed by atoms with van der Waals surface area (Å²) in [6.45, 7) is 12.0. The van der Waals surface area contributed by atoms with Crippen LogP contribution < -0.4 is 0 Å². The van der Waals surface area contributed by atoms with Gasteiger partial charge >= 0.3 is 0 Å². The Labute approximate surface area is 144 Å². The van der Waals surface area contributed by atoms with E-state index in [0.29, 0.717) is 30.0 Å². The van der Waals surface area contributed by atoms with Crippen molar-refractivity contribution in [3.8, 4) is 0 Å². The van der Waals surface area contributed by atoms with Crippen LogP contribution in [0.25, 0.3) is 0 Å². The highest BCUT2D eigenvalue weighted by molar-refractivity contribution is 5.35. The molecule has 4 nitrogen and oxygen atoms in total. The third-order valence-electron chi connectivity index (χ3n) is 8.92. The number of hydrogen-bond acceptors (Lipinski definition) is 4. The van der Waals surface area contributed by atoms with Crippen molar-refractivity contribution in [2.75, 3.05) is 19.8 Å². The van der Waals surface area contributed by atoms with Gasteiger partial charge in [-0.15, -0.1) is 0 Å². The molecule has 24 heavy (non-hydrogen) atoms. The molecule has 9 atom stereocenters. The van der Waals surface area contributed by atoms with Gasteiger partial charge in [0, 0.05) is 23.4 Å². The molecule has 0 bridgehead atoms. The van der Waals surface area contributed by atoms with Crippen LogP contribution in [-0.2, 0) is 18.9 Å². The van der Waals surface area contributed by atoms with Gasteiger partial charge in [0.15, 0.2) is 6.29 Å². The van der Waals surface area contributed by atoms with Crippen LogP contribution in [0.3, 0.4) is 0 Å². The summed E-state index contributed by atoms with van der Waals surface area (Å²) in [6, 6.07) is 0. The average Bonchev–Trinajstić information content (AvgIpc) is 3.21. The van der Waals surface area contributed by atoms with Gasteiger partial charge in [-0.25, -0.2) is 0 Å². The minimum Gasteiger partial charge on any atom is -0.377 e. The van der Waals surface area contributed by atoms with Gasteiger partial charge in [-0.2, -0.15) is 0 Å². The quantitative estimate of drug-likeness (QED) is 0.682.